The van der Waals surface area contributed by atoms with Crippen LogP contribution in [0.15, 0.2) is 48.6 Å². The standard InChI is InChI=1S/C16H24/c1-5-14(6-2)16(15(7-3)8-4)12-10-9-11-13-16/h5-8H,1,3,9-13H2,2,4H3/b14-6+,15-8+. The number of hydrogen-bond donors (Lipinski definition) is 0. The lowest BCUT2D eigenvalue weighted by molar-refractivity contribution is 0.300. The first-order valence-electron chi connectivity index (χ1n) is 6.33. The van der Waals surface area contributed by atoms with Gasteiger partial charge >= 0.3 is 0 Å². The fourth-order valence-electron chi connectivity index (χ4n) is 3.08. The summed E-state index contributed by atoms with van der Waals surface area (Å²) >= 11 is 0. The van der Waals surface area contributed by atoms with Gasteiger partial charge < -0.3 is 0 Å². The van der Waals surface area contributed by atoms with Gasteiger partial charge in [0.1, 0.15) is 0 Å². The Balaban J connectivity index is 3.19. The van der Waals surface area contributed by atoms with Crippen LogP contribution in [0, 0.1) is 5.41 Å². The maximum Gasteiger partial charge on any atom is 0.0196 e. The van der Waals surface area contributed by atoms with E-state index < -0.39 is 0 Å². The fourth-order valence-corrected chi connectivity index (χ4v) is 3.08. The van der Waals surface area contributed by atoms with Crippen LogP contribution >= 0.6 is 0 Å². The van der Waals surface area contributed by atoms with Crippen molar-refractivity contribution in [2.45, 2.75) is 46.0 Å². The van der Waals surface area contributed by atoms with Crippen molar-refractivity contribution in [3.05, 3.63) is 48.6 Å². The van der Waals surface area contributed by atoms with Crippen molar-refractivity contribution < 1.29 is 0 Å². The Bertz CT molecular complexity index is 283. The molecule has 1 aliphatic rings. The molecule has 88 valence electrons. The molecule has 0 aromatic heterocycles. The van der Waals surface area contributed by atoms with Gasteiger partial charge in [-0.15, -0.1) is 0 Å². The van der Waals surface area contributed by atoms with Gasteiger partial charge in [-0.3, -0.25) is 0 Å². The molecule has 16 heavy (non-hydrogen) atoms. The van der Waals surface area contributed by atoms with E-state index in [2.05, 4.69) is 39.2 Å². The Kier molecular flexibility index (Phi) is 4.79. The van der Waals surface area contributed by atoms with E-state index in [1.165, 1.54) is 43.3 Å². The molecular weight excluding hydrogens is 192 g/mol. The number of hydrogen-bond acceptors (Lipinski definition) is 0. The summed E-state index contributed by atoms with van der Waals surface area (Å²) in [5.41, 5.74) is 2.95. The molecule has 0 atom stereocenters. The molecule has 0 spiro atoms. The highest BCUT2D eigenvalue weighted by molar-refractivity contribution is 5.40. The summed E-state index contributed by atoms with van der Waals surface area (Å²) in [4.78, 5) is 0. The van der Waals surface area contributed by atoms with Crippen LogP contribution in [0.25, 0.3) is 0 Å². The van der Waals surface area contributed by atoms with E-state index in [-0.39, 0.29) is 5.41 Å². The highest BCUT2D eigenvalue weighted by Crippen LogP contribution is 2.48. The van der Waals surface area contributed by atoms with Gasteiger partial charge in [0.05, 0.1) is 0 Å². The van der Waals surface area contributed by atoms with E-state index in [0.717, 1.165) is 0 Å². The topological polar surface area (TPSA) is 0 Å². The second-order valence-electron chi connectivity index (χ2n) is 4.54. The minimum Gasteiger partial charge on any atom is -0.0988 e. The first kappa shape index (κ1) is 13.0. The SMILES string of the molecule is C=C/C(=C\C)C1(/C(C=C)=C/C)CCCCC1. The molecule has 1 saturated carbocycles. The summed E-state index contributed by atoms with van der Waals surface area (Å²) < 4.78 is 0. The van der Waals surface area contributed by atoms with E-state index in [1.54, 1.807) is 0 Å². The van der Waals surface area contributed by atoms with Gasteiger partial charge in [-0.2, -0.15) is 0 Å². The van der Waals surface area contributed by atoms with Crippen molar-refractivity contribution in [2.75, 3.05) is 0 Å². The molecule has 0 heterocycles. The van der Waals surface area contributed by atoms with Crippen molar-refractivity contribution in [2.24, 2.45) is 5.41 Å². The van der Waals surface area contributed by atoms with Crippen molar-refractivity contribution in [1.82, 2.24) is 0 Å². The van der Waals surface area contributed by atoms with Crippen molar-refractivity contribution in [1.29, 1.82) is 0 Å². The minimum absolute atomic E-state index is 0.200. The highest BCUT2D eigenvalue weighted by Gasteiger charge is 2.35. The molecule has 0 amide bonds. The maximum absolute atomic E-state index is 3.97. The van der Waals surface area contributed by atoms with E-state index >= 15 is 0 Å². The zero-order chi connectivity index (χ0) is 12.0. The average Bonchev–Trinajstić information content (AvgIpc) is 2.33. The Morgan fingerprint density at radius 2 is 1.31 bits per heavy atom. The monoisotopic (exact) mass is 216 g/mol. The van der Waals surface area contributed by atoms with Crippen molar-refractivity contribution in [3.63, 3.8) is 0 Å². The van der Waals surface area contributed by atoms with E-state index in [9.17, 15) is 0 Å². The molecule has 0 radical (unpaired) electrons. The molecule has 0 nitrogen and oxygen atoms in total. The first-order valence-corrected chi connectivity index (χ1v) is 6.33. The summed E-state index contributed by atoms with van der Waals surface area (Å²) in [7, 11) is 0. The first-order chi connectivity index (χ1) is 7.75. The van der Waals surface area contributed by atoms with Crippen LogP contribution in [0.2, 0.25) is 0 Å². The zero-order valence-corrected chi connectivity index (χ0v) is 10.8. The third-order valence-electron chi connectivity index (χ3n) is 3.87. The summed E-state index contributed by atoms with van der Waals surface area (Å²) in [6, 6.07) is 0. The molecular formula is C16H24. The lowest BCUT2D eigenvalue weighted by atomic mass is 9.64. The van der Waals surface area contributed by atoms with Crippen LogP contribution in [0.1, 0.15) is 46.0 Å². The molecule has 0 aromatic rings. The minimum atomic E-state index is 0.200. The summed E-state index contributed by atoms with van der Waals surface area (Å²) in [5.74, 6) is 0. The van der Waals surface area contributed by atoms with Crippen LogP contribution in [0.4, 0.5) is 0 Å². The van der Waals surface area contributed by atoms with Crippen molar-refractivity contribution >= 4 is 0 Å². The quantitative estimate of drug-likeness (QED) is 0.566. The maximum atomic E-state index is 3.97. The van der Waals surface area contributed by atoms with Gasteiger partial charge in [0.15, 0.2) is 0 Å². The van der Waals surface area contributed by atoms with E-state index in [0.29, 0.717) is 0 Å². The third kappa shape index (κ3) is 2.21. The Hall–Kier alpha value is -1.04. The molecule has 0 aliphatic heterocycles. The van der Waals surface area contributed by atoms with Crippen LogP contribution < -0.4 is 0 Å². The lowest BCUT2D eigenvalue weighted by Crippen LogP contribution is -2.27. The molecule has 0 bridgehead atoms. The normalized spacial score (nSPS) is 21.6. The largest absolute Gasteiger partial charge is 0.0988 e. The number of allylic oxidation sites excluding steroid dienone is 6. The molecule has 0 unspecified atom stereocenters. The van der Waals surface area contributed by atoms with E-state index in [4.69, 9.17) is 0 Å². The molecule has 1 fully saturated rings. The second-order valence-corrected chi connectivity index (χ2v) is 4.54. The Morgan fingerprint density at radius 3 is 1.62 bits per heavy atom. The second kappa shape index (κ2) is 5.89. The predicted molar refractivity (Wildman–Crippen MR) is 73.4 cm³/mol. The van der Waals surface area contributed by atoms with Crippen LogP contribution in [-0.2, 0) is 0 Å². The molecule has 0 aromatic carbocycles. The van der Waals surface area contributed by atoms with Crippen LogP contribution in [0.5, 0.6) is 0 Å². The van der Waals surface area contributed by atoms with Gasteiger partial charge in [0.25, 0.3) is 0 Å². The molecule has 0 saturated heterocycles. The van der Waals surface area contributed by atoms with Crippen molar-refractivity contribution in [3.8, 4) is 0 Å². The lowest BCUT2D eigenvalue weighted by Gasteiger charge is -2.40. The average molecular weight is 216 g/mol. The molecule has 0 N–H and O–H groups in total. The van der Waals surface area contributed by atoms with Gasteiger partial charge in [-0.05, 0) is 37.8 Å². The smallest absolute Gasteiger partial charge is 0.0196 e. The summed E-state index contributed by atoms with van der Waals surface area (Å²) in [5, 5.41) is 0. The Labute approximate surface area is 100 Å². The number of rotatable bonds is 4. The zero-order valence-electron chi connectivity index (χ0n) is 10.8. The fraction of sp³-hybridized carbons (Fsp3) is 0.500. The van der Waals surface area contributed by atoms with Gasteiger partial charge in [-0.25, -0.2) is 0 Å². The summed E-state index contributed by atoms with van der Waals surface area (Å²) in [6.45, 7) is 12.2. The molecule has 1 aliphatic carbocycles. The van der Waals surface area contributed by atoms with Crippen LogP contribution in [-0.4, -0.2) is 0 Å². The highest BCUT2D eigenvalue weighted by atomic mass is 14.4. The van der Waals surface area contributed by atoms with Gasteiger partial charge in [0.2, 0.25) is 0 Å². The molecule has 1 rings (SSSR count). The predicted octanol–water partition coefficient (Wildman–Crippen LogP) is 5.20. The van der Waals surface area contributed by atoms with Crippen LogP contribution in [0.3, 0.4) is 0 Å². The Morgan fingerprint density at radius 1 is 0.875 bits per heavy atom. The van der Waals surface area contributed by atoms with Gasteiger partial charge in [-0.1, -0.05) is 56.7 Å². The van der Waals surface area contributed by atoms with Gasteiger partial charge in [0, 0.05) is 5.41 Å². The van der Waals surface area contributed by atoms with E-state index in [1.807, 2.05) is 12.2 Å². The molecule has 0 heteroatoms. The summed E-state index contributed by atoms with van der Waals surface area (Å²) in [6.07, 6.45) is 15.0. The third-order valence-corrected chi connectivity index (χ3v) is 3.87.